The number of carbonyl (C=O) groups excluding carboxylic acids is 3. The van der Waals surface area contributed by atoms with Gasteiger partial charge in [-0.1, -0.05) is 344 Å². The molecule has 0 amide bonds. The monoisotopic (exact) mass is 1620 g/mol. The van der Waals surface area contributed by atoms with Gasteiger partial charge in [0.15, 0.2) is 6.10 Å². The van der Waals surface area contributed by atoms with Crippen molar-refractivity contribution in [2.75, 3.05) is 39.6 Å². The van der Waals surface area contributed by atoms with Gasteiger partial charge in [0.05, 0.1) is 26.4 Å². The Hall–Kier alpha value is -5.61. The van der Waals surface area contributed by atoms with Crippen LogP contribution in [0, 0.1) is 0 Å². The lowest BCUT2D eigenvalue weighted by Gasteiger charge is -2.21. The van der Waals surface area contributed by atoms with Gasteiger partial charge < -0.3 is 34.2 Å². The van der Waals surface area contributed by atoms with E-state index in [0.29, 0.717) is 19.3 Å². The van der Waals surface area contributed by atoms with E-state index in [9.17, 15) is 43.5 Å². The van der Waals surface area contributed by atoms with Crippen LogP contribution in [0.5, 0.6) is 0 Å². The molecule has 0 bridgehead atoms. The van der Waals surface area contributed by atoms with Gasteiger partial charge in [-0.2, -0.15) is 0 Å². The van der Waals surface area contributed by atoms with E-state index >= 15 is 0 Å². The van der Waals surface area contributed by atoms with Crippen molar-refractivity contribution in [1.82, 2.24) is 0 Å². The smallest absolute Gasteiger partial charge is 0.463 e. The Bertz CT molecular complexity index is 2830. The minimum atomic E-state index is -4.95. The van der Waals surface area contributed by atoms with Crippen LogP contribution in [-0.2, 0) is 55.8 Å². The van der Waals surface area contributed by atoms with E-state index in [-0.39, 0.29) is 19.3 Å². The lowest BCUT2D eigenvalue weighted by atomic mass is 10.0. The zero-order valence-corrected chi connectivity index (χ0v) is 72.3. The summed E-state index contributed by atoms with van der Waals surface area (Å²) in [5.74, 6) is -1.62. The number of unbranched alkanes of at least 4 members (excludes halogenated alkanes) is 26. The summed E-state index contributed by atoms with van der Waals surface area (Å²) in [6.45, 7) is 2.30. The molecule has 642 valence electrons. The van der Waals surface area contributed by atoms with Gasteiger partial charge in [0.25, 0.3) is 0 Å². The van der Waals surface area contributed by atoms with E-state index in [0.717, 1.165) is 186 Å². The van der Waals surface area contributed by atoms with Gasteiger partial charge in [-0.3, -0.25) is 32.5 Å². The molecular weight excluding hydrogens is 1460 g/mol. The summed E-state index contributed by atoms with van der Waals surface area (Å²) in [6.07, 6.45) is 113. The predicted molar refractivity (Wildman–Crippen MR) is 472 cm³/mol. The first-order valence-corrected chi connectivity index (χ1v) is 46.7. The fourth-order valence-electron chi connectivity index (χ4n) is 11.3. The molecule has 0 heterocycles. The number of carbonyl (C=O) groups is 3. The van der Waals surface area contributed by atoms with Crippen molar-refractivity contribution in [3.63, 3.8) is 0 Å². The van der Waals surface area contributed by atoms with Gasteiger partial charge in [-0.05, 0) is 161 Å². The molecule has 0 fully saturated rings. The average molecular weight is 1620 g/mol. The molecule has 0 aromatic carbocycles. The van der Waals surface area contributed by atoms with Gasteiger partial charge >= 0.3 is 33.6 Å². The maximum Gasteiger partial charge on any atom is 0.472 e. The van der Waals surface area contributed by atoms with Crippen LogP contribution < -0.4 is 0 Å². The molecule has 5 unspecified atom stereocenters. The van der Waals surface area contributed by atoms with Crippen LogP contribution in [0.4, 0.5) is 0 Å². The van der Waals surface area contributed by atoms with Crippen LogP contribution in [0.3, 0.4) is 0 Å². The van der Waals surface area contributed by atoms with E-state index < -0.39 is 91.5 Å². The number of hydrogen-bond acceptors (Lipinski definition) is 14. The second-order valence-corrected chi connectivity index (χ2v) is 31.5. The van der Waals surface area contributed by atoms with Crippen LogP contribution in [0.15, 0.2) is 194 Å². The molecule has 0 saturated carbocycles. The van der Waals surface area contributed by atoms with Gasteiger partial charge in [-0.25, -0.2) is 9.13 Å². The number of aliphatic hydroxyl groups excluding tert-OH is 2. The number of esters is 3. The molecule has 0 aromatic heterocycles. The first kappa shape index (κ1) is 107. The molecule has 0 aliphatic rings. The van der Waals surface area contributed by atoms with Crippen molar-refractivity contribution in [3.8, 4) is 0 Å². The number of rotatable bonds is 81. The maximum absolute atomic E-state index is 13.0. The van der Waals surface area contributed by atoms with Crippen molar-refractivity contribution in [2.24, 2.45) is 0 Å². The van der Waals surface area contributed by atoms with Gasteiger partial charge in [0, 0.05) is 19.3 Å². The molecule has 16 nitrogen and oxygen atoms in total. The summed E-state index contributed by atoms with van der Waals surface area (Å²) in [5.41, 5.74) is 0. The molecule has 0 rings (SSSR count). The molecule has 113 heavy (non-hydrogen) atoms. The highest BCUT2D eigenvalue weighted by Gasteiger charge is 2.29. The summed E-state index contributed by atoms with van der Waals surface area (Å²) in [4.78, 5) is 58.8. The molecule has 0 spiro atoms. The van der Waals surface area contributed by atoms with Crippen LogP contribution in [0.2, 0.25) is 0 Å². The Morgan fingerprint density at radius 2 is 0.442 bits per heavy atom. The molecule has 0 aromatic rings. The fourth-order valence-corrected chi connectivity index (χ4v) is 12.9. The number of phosphoric acid groups is 2. The number of phosphoric ester groups is 2. The summed E-state index contributed by atoms with van der Waals surface area (Å²) in [7, 11) is -9.82. The summed E-state index contributed by atoms with van der Waals surface area (Å²) < 4.78 is 61.3. The van der Waals surface area contributed by atoms with Crippen LogP contribution in [-0.4, -0.2) is 95.9 Å². The van der Waals surface area contributed by atoms with E-state index in [1.54, 1.807) is 0 Å². The van der Waals surface area contributed by atoms with E-state index in [4.69, 9.17) is 32.3 Å². The highest BCUT2D eigenvalue weighted by Crippen LogP contribution is 2.45. The number of aliphatic hydroxyl groups is 2. The number of hydrogen-bond donors (Lipinski definition) is 4. The minimum absolute atomic E-state index is 0.0665. The van der Waals surface area contributed by atoms with Gasteiger partial charge in [0.2, 0.25) is 0 Å². The van der Waals surface area contributed by atoms with Crippen molar-refractivity contribution >= 4 is 33.6 Å². The standard InChI is InChI=1S/C95H156O16P2/c1-4-7-10-13-16-19-22-25-28-31-33-35-37-39-40-41-42-43-44-45-46-47-48-50-52-53-55-58-60-63-66-69-72-75-78-81-93(98)105-84-90(96)85-107-112(101,102)108-86-91(97)87-109-113(103,104)110-89-92(111-95(100)83-80-77-74-71-68-65-62-57-30-27-24-21-18-15-12-9-6-3)88-106-94(99)82-79-76-73-70-67-64-61-59-56-54-51-49-38-36-34-32-29-26-23-20-17-14-11-8-5-2/h7-12,16-21,25-30,33-36,39-40,42-43,49,51,56,59,62,65,90-92,96-97H,4-6,13-15,22-24,31-32,37-38,41,44-48,50,52-55,57-58,60-61,63-64,66-89H2,1-3H3,(H,101,102)(H,103,104)/b10-7-,11-8-,12-9-,19-16-,20-17-,21-18-,28-25-,29-26-,30-27-,35-33-,36-34-,40-39-,43-42-,51-49-,59-56-,65-62-. The third-order valence-electron chi connectivity index (χ3n) is 17.8. The third kappa shape index (κ3) is 87.1. The van der Waals surface area contributed by atoms with Crippen molar-refractivity contribution in [1.29, 1.82) is 0 Å². The molecule has 0 saturated heterocycles. The molecule has 4 N–H and O–H groups in total. The molecule has 0 aliphatic carbocycles. The van der Waals surface area contributed by atoms with Crippen LogP contribution >= 0.6 is 15.6 Å². The van der Waals surface area contributed by atoms with Crippen molar-refractivity contribution in [2.45, 2.75) is 347 Å². The Labute approximate surface area is 687 Å². The zero-order chi connectivity index (χ0) is 82.2. The van der Waals surface area contributed by atoms with Crippen molar-refractivity contribution in [3.05, 3.63) is 194 Å². The van der Waals surface area contributed by atoms with Crippen molar-refractivity contribution < 1.29 is 75.8 Å². The number of allylic oxidation sites excluding steroid dienone is 32. The molecule has 0 radical (unpaired) electrons. The fraction of sp³-hybridized carbons (Fsp3) is 0.632. The second kappa shape index (κ2) is 85.8. The average Bonchev–Trinajstić information content (AvgIpc) is 0.886. The Morgan fingerprint density at radius 3 is 0.699 bits per heavy atom. The summed E-state index contributed by atoms with van der Waals surface area (Å²) in [6, 6.07) is 0. The highest BCUT2D eigenvalue weighted by atomic mass is 31.2. The van der Waals surface area contributed by atoms with E-state index in [2.05, 4.69) is 215 Å². The third-order valence-corrected chi connectivity index (χ3v) is 19.7. The normalized spacial score (nSPS) is 14.8. The van der Waals surface area contributed by atoms with Crippen LogP contribution in [0.25, 0.3) is 0 Å². The second-order valence-electron chi connectivity index (χ2n) is 28.5. The molecular formula is C95H156O16P2. The zero-order valence-electron chi connectivity index (χ0n) is 70.5. The molecule has 0 aliphatic heterocycles. The summed E-state index contributed by atoms with van der Waals surface area (Å²) in [5, 5.41) is 20.7. The topological polar surface area (TPSA) is 231 Å². The Balaban J connectivity index is 4.52. The first-order valence-electron chi connectivity index (χ1n) is 43.7. The largest absolute Gasteiger partial charge is 0.472 e. The quantitative estimate of drug-likeness (QED) is 0.0146. The maximum atomic E-state index is 13.0. The lowest BCUT2D eigenvalue weighted by molar-refractivity contribution is -0.161. The minimum Gasteiger partial charge on any atom is -0.463 e. The number of ether oxygens (including phenoxy) is 3. The van der Waals surface area contributed by atoms with E-state index in [1.807, 2.05) is 0 Å². The first-order chi connectivity index (χ1) is 55.2. The molecule has 5 atom stereocenters. The Kier molecular flexibility index (Phi) is 81.5. The van der Waals surface area contributed by atoms with E-state index in [1.165, 1.54) is 83.5 Å². The molecule has 18 heteroatoms. The van der Waals surface area contributed by atoms with Gasteiger partial charge in [-0.15, -0.1) is 0 Å². The van der Waals surface area contributed by atoms with Crippen LogP contribution in [0.1, 0.15) is 329 Å². The summed E-state index contributed by atoms with van der Waals surface area (Å²) >= 11 is 0. The highest BCUT2D eigenvalue weighted by molar-refractivity contribution is 7.47. The SMILES string of the molecule is CC/C=C\C/C=C\C/C=C\C/C=C\C/C=C\C/C=C\CCCCCCCCCCCCCCCCCCC(=O)OCC(O)COP(=O)(O)OCC(O)COP(=O)(O)OCC(COC(=O)CCCCCCCC/C=C\C/C=C\C/C=C\C/C=C\C/C=C\C/C=C\CC)OC(=O)CCCCCC/C=C\C/C=C\C/C=C\C/C=C\CC. The Morgan fingerprint density at radius 1 is 0.248 bits per heavy atom. The van der Waals surface area contributed by atoms with Gasteiger partial charge in [0.1, 0.15) is 25.4 Å². The predicted octanol–water partition coefficient (Wildman–Crippen LogP) is 26.7. The lowest BCUT2D eigenvalue weighted by Crippen LogP contribution is -2.30.